The largest absolute Gasteiger partial charge is 0.383 e. The van der Waals surface area contributed by atoms with Crippen molar-refractivity contribution in [2.24, 2.45) is 0 Å². The second-order valence-electron chi connectivity index (χ2n) is 7.59. The molecule has 0 N–H and O–H groups in total. The lowest BCUT2D eigenvalue weighted by molar-refractivity contribution is -0.134. The molecule has 0 fully saturated rings. The summed E-state index contributed by atoms with van der Waals surface area (Å²) < 4.78 is 5.20. The van der Waals surface area contributed by atoms with Crippen molar-refractivity contribution >= 4 is 34.5 Å². The first kappa shape index (κ1) is 21.7. The number of ether oxygens (including phenoxy) is 1. The van der Waals surface area contributed by atoms with Gasteiger partial charge in [-0.25, -0.2) is 0 Å². The van der Waals surface area contributed by atoms with Crippen LogP contribution in [0.3, 0.4) is 0 Å². The topological polar surface area (TPSA) is 49.9 Å². The second kappa shape index (κ2) is 9.77. The van der Waals surface area contributed by atoms with Crippen molar-refractivity contribution in [1.82, 2.24) is 9.80 Å². The van der Waals surface area contributed by atoms with Crippen molar-refractivity contribution in [1.29, 1.82) is 0 Å². The molecule has 0 aliphatic carbocycles. The Balaban J connectivity index is 1.62. The van der Waals surface area contributed by atoms with E-state index in [1.54, 1.807) is 29.4 Å². The van der Waals surface area contributed by atoms with Crippen LogP contribution in [0.15, 0.2) is 53.2 Å². The number of hydrogen-bond acceptors (Lipinski definition) is 5. The Morgan fingerprint density at radius 3 is 2.68 bits per heavy atom. The van der Waals surface area contributed by atoms with E-state index in [0.29, 0.717) is 24.6 Å². The van der Waals surface area contributed by atoms with Gasteiger partial charge in [0.2, 0.25) is 5.91 Å². The maximum Gasteiger partial charge on any atom is 0.264 e. The fourth-order valence-corrected chi connectivity index (χ4v) is 5.67. The zero-order valence-corrected chi connectivity index (χ0v) is 19.4. The highest BCUT2D eigenvalue weighted by Gasteiger charge is 2.34. The van der Waals surface area contributed by atoms with Gasteiger partial charge in [-0.2, -0.15) is 0 Å². The van der Waals surface area contributed by atoms with E-state index < -0.39 is 0 Å². The van der Waals surface area contributed by atoms with E-state index in [9.17, 15) is 9.59 Å². The number of rotatable bonds is 7. The molecular weight excluding hydrogens is 428 g/mol. The second-order valence-corrected chi connectivity index (χ2v) is 9.54. The quantitative estimate of drug-likeness (QED) is 0.532. The molecular formula is C24H26N2O3S2. The Kier molecular flexibility index (Phi) is 6.85. The van der Waals surface area contributed by atoms with Gasteiger partial charge in [-0.3, -0.25) is 9.59 Å². The molecule has 4 rings (SSSR count). The molecule has 162 valence electrons. The molecule has 0 bridgehead atoms. The van der Waals surface area contributed by atoms with Crippen molar-refractivity contribution in [3.05, 3.63) is 79.7 Å². The number of benzene rings is 1. The first-order chi connectivity index (χ1) is 15.1. The lowest BCUT2D eigenvalue weighted by Crippen LogP contribution is -2.47. The Hall–Kier alpha value is -2.48. The van der Waals surface area contributed by atoms with E-state index in [4.69, 9.17) is 4.74 Å². The zero-order chi connectivity index (χ0) is 21.8. The minimum atomic E-state index is -0.124. The first-order valence-corrected chi connectivity index (χ1v) is 12.1. The number of carbonyl (C=O) groups is 2. The molecule has 1 aliphatic heterocycles. The van der Waals surface area contributed by atoms with Crippen LogP contribution in [0, 0.1) is 6.92 Å². The van der Waals surface area contributed by atoms with Gasteiger partial charge in [-0.05, 0) is 52.9 Å². The highest BCUT2D eigenvalue weighted by atomic mass is 32.1. The molecule has 1 aliphatic rings. The van der Waals surface area contributed by atoms with Gasteiger partial charge in [-0.1, -0.05) is 30.3 Å². The molecule has 2 aromatic heterocycles. The molecule has 2 amide bonds. The Morgan fingerprint density at radius 2 is 1.94 bits per heavy atom. The number of aryl methyl sites for hydroxylation is 1. The molecule has 5 nitrogen and oxygen atoms in total. The summed E-state index contributed by atoms with van der Waals surface area (Å²) in [5.41, 5.74) is 3.51. The summed E-state index contributed by atoms with van der Waals surface area (Å²) in [6.45, 7) is 3.55. The van der Waals surface area contributed by atoms with Crippen molar-refractivity contribution < 1.29 is 14.3 Å². The van der Waals surface area contributed by atoms with Crippen LogP contribution < -0.4 is 0 Å². The lowest BCUT2D eigenvalue weighted by Gasteiger charge is -2.38. The van der Waals surface area contributed by atoms with Crippen LogP contribution in [0.2, 0.25) is 0 Å². The van der Waals surface area contributed by atoms with Crippen LogP contribution in [-0.4, -0.2) is 55.0 Å². The summed E-state index contributed by atoms with van der Waals surface area (Å²) in [6, 6.07) is 13.9. The molecule has 0 saturated heterocycles. The van der Waals surface area contributed by atoms with Gasteiger partial charge in [0.1, 0.15) is 6.54 Å². The molecule has 1 unspecified atom stereocenters. The first-order valence-electron chi connectivity index (χ1n) is 10.3. The van der Waals surface area contributed by atoms with E-state index in [1.807, 2.05) is 28.5 Å². The summed E-state index contributed by atoms with van der Waals surface area (Å²) in [6.07, 6.45) is 0.845. The average molecular weight is 455 g/mol. The normalized spacial score (nSPS) is 15.5. The van der Waals surface area contributed by atoms with E-state index in [0.717, 1.165) is 17.5 Å². The van der Waals surface area contributed by atoms with Gasteiger partial charge in [0.15, 0.2) is 0 Å². The molecule has 3 aromatic rings. The number of fused-ring (bicyclic) bond motifs is 1. The van der Waals surface area contributed by atoms with Crippen LogP contribution in [0.1, 0.15) is 37.3 Å². The highest BCUT2D eigenvalue weighted by molar-refractivity contribution is 7.12. The van der Waals surface area contributed by atoms with Crippen LogP contribution in [0.5, 0.6) is 0 Å². The van der Waals surface area contributed by atoms with Crippen molar-refractivity contribution in [2.75, 3.05) is 33.4 Å². The standard InChI is InChI=1S/C24H26N2O3S2/c1-17-6-3-4-7-18(17)23-19-10-15-31-20(19)9-11-26(23)22(27)16-25(12-13-29-2)24(28)21-8-5-14-30-21/h3-8,10,14-15,23H,9,11-13,16H2,1-2H3. The number of thiophene rings is 2. The highest BCUT2D eigenvalue weighted by Crippen LogP contribution is 2.39. The maximum atomic E-state index is 13.6. The summed E-state index contributed by atoms with van der Waals surface area (Å²) >= 11 is 3.15. The number of methoxy groups -OCH3 is 1. The van der Waals surface area contributed by atoms with Gasteiger partial charge >= 0.3 is 0 Å². The molecule has 0 saturated carbocycles. The van der Waals surface area contributed by atoms with Crippen LogP contribution in [0.25, 0.3) is 0 Å². The number of hydrogen-bond donors (Lipinski definition) is 0. The summed E-state index contributed by atoms with van der Waals surface area (Å²) in [4.78, 5) is 32.1. The molecule has 7 heteroatoms. The van der Waals surface area contributed by atoms with Crippen LogP contribution in [0.4, 0.5) is 0 Å². The average Bonchev–Trinajstić information content (AvgIpc) is 3.48. The van der Waals surface area contributed by atoms with Gasteiger partial charge < -0.3 is 14.5 Å². The molecule has 1 atom stereocenters. The van der Waals surface area contributed by atoms with E-state index in [1.165, 1.54) is 21.8 Å². The van der Waals surface area contributed by atoms with Crippen molar-refractivity contribution in [2.45, 2.75) is 19.4 Å². The van der Waals surface area contributed by atoms with Gasteiger partial charge in [0.25, 0.3) is 5.91 Å². The minimum Gasteiger partial charge on any atom is -0.383 e. The van der Waals surface area contributed by atoms with Gasteiger partial charge in [-0.15, -0.1) is 22.7 Å². The molecule has 3 heterocycles. The summed E-state index contributed by atoms with van der Waals surface area (Å²) in [5.74, 6) is -0.160. The van der Waals surface area contributed by atoms with Gasteiger partial charge in [0, 0.05) is 25.1 Å². The maximum absolute atomic E-state index is 13.6. The summed E-state index contributed by atoms with van der Waals surface area (Å²) in [5, 5.41) is 3.98. The van der Waals surface area contributed by atoms with E-state index >= 15 is 0 Å². The SMILES string of the molecule is COCCN(CC(=O)N1CCc2sccc2C1c1ccccc1C)C(=O)c1cccs1. The lowest BCUT2D eigenvalue weighted by atomic mass is 9.90. The Morgan fingerprint density at radius 1 is 1.10 bits per heavy atom. The zero-order valence-electron chi connectivity index (χ0n) is 17.7. The Labute approximate surface area is 190 Å². The van der Waals surface area contributed by atoms with Gasteiger partial charge in [0.05, 0.1) is 17.5 Å². The minimum absolute atomic E-state index is 0.0360. The molecule has 31 heavy (non-hydrogen) atoms. The molecule has 0 radical (unpaired) electrons. The number of nitrogens with zero attached hydrogens (tertiary/aromatic N) is 2. The third kappa shape index (κ3) is 4.59. The van der Waals surface area contributed by atoms with E-state index in [-0.39, 0.29) is 24.4 Å². The van der Waals surface area contributed by atoms with Crippen LogP contribution >= 0.6 is 22.7 Å². The monoisotopic (exact) mass is 454 g/mol. The Bertz CT molecular complexity index is 1040. The van der Waals surface area contributed by atoms with Crippen LogP contribution in [-0.2, 0) is 16.0 Å². The number of amides is 2. The fraction of sp³-hybridized carbons (Fsp3) is 0.333. The van der Waals surface area contributed by atoms with E-state index in [2.05, 4.69) is 30.5 Å². The third-order valence-corrected chi connectivity index (χ3v) is 7.53. The smallest absolute Gasteiger partial charge is 0.264 e. The summed E-state index contributed by atoms with van der Waals surface area (Å²) in [7, 11) is 1.60. The predicted molar refractivity (Wildman–Crippen MR) is 125 cm³/mol. The third-order valence-electron chi connectivity index (χ3n) is 5.68. The van der Waals surface area contributed by atoms with Crippen molar-refractivity contribution in [3.63, 3.8) is 0 Å². The van der Waals surface area contributed by atoms with Crippen molar-refractivity contribution in [3.8, 4) is 0 Å². The molecule has 0 spiro atoms. The fourth-order valence-electron chi connectivity index (χ4n) is 4.08. The predicted octanol–water partition coefficient (Wildman–Crippen LogP) is 4.38. The molecule has 1 aromatic carbocycles. The number of carbonyl (C=O) groups excluding carboxylic acids is 2.